The van der Waals surface area contributed by atoms with Crippen LogP contribution in [-0.2, 0) is 0 Å². The number of carbonyl (C=O) groups excluding carboxylic acids is 1. The van der Waals surface area contributed by atoms with Crippen LogP contribution in [0.3, 0.4) is 0 Å². The lowest BCUT2D eigenvalue weighted by atomic mass is 9.98. The molecule has 1 saturated heterocycles. The van der Waals surface area contributed by atoms with E-state index in [9.17, 15) is 4.79 Å². The van der Waals surface area contributed by atoms with Crippen LogP contribution in [0.15, 0.2) is 48.0 Å². The van der Waals surface area contributed by atoms with E-state index in [1.807, 2.05) is 30.3 Å². The number of thiazole rings is 1. The largest absolute Gasteiger partial charge is 0.370 e. The van der Waals surface area contributed by atoms with E-state index in [4.69, 9.17) is 16.9 Å². The number of rotatable bonds is 4. The molecule has 0 atom stereocenters. The molecule has 1 aromatic carbocycles. The Labute approximate surface area is 177 Å². The number of pyridine rings is 1. The van der Waals surface area contributed by atoms with Gasteiger partial charge in [-0.2, -0.15) is 5.26 Å². The van der Waals surface area contributed by atoms with Gasteiger partial charge < -0.3 is 10.2 Å². The Morgan fingerprint density at radius 3 is 2.76 bits per heavy atom. The third kappa shape index (κ3) is 4.39. The molecule has 8 heteroatoms. The average molecular weight is 424 g/mol. The molecule has 1 amide bonds. The molecule has 0 radical (unpaired) electrons. The van der Waals surface area contributed by atoms with E-state index in [0.29, 0.717) is 15.9 Å². The van der Waals surface area contributed by atoms with Gasteiger partial charge in [0.05, 0.1) is 17.4 Å². The van der Waals surface area contributed by atoms with Crippen molar-refractivity contribution in [2.24, 2.45) is 5.92 Å². The van der Waals surface area contributed by atoms with Gasteiger partial charge in [-0.05, 0) is 37.1 Å². The molecule has 0 unspecified atom stereocenters. The molecule has 3 aromatic rings. The molecule has 1 fully saturated rings. The highest BCUT2D eigenvalue weighted by atomic mass is 35.5. The van der Waals surface area contributed by atoms with E-state index in [0.717, 1.165) is 42.9 Å². The molecule has 0 aliphatic carbocycles. The van der Waals surface area contributed by atoms with Crippen LogP contribution in [0.5, 0.6) is 0 Å². The van der Waals surface area contributed by atoms with Crippen molar-refractivity contribution in [3.8, 4) is 16.6 Å². The summed E-state index contributed by atoms with van der Waals surface area (Å²) in [6.07, 6.45) is 3.32. The molecule has 2 aromatic heterocycles. The first-order valence-electron chi connectivity index (χ1n) is 9.26. The van der Waals surface area contributed by atoms with Crippen LogP contribution in [0, 0.1) is 17.2 Å². The highest BCUT2D eigenvalue weighted by Crippen LogP contribution is 2.30. The molecule has 146 valence electrons. The molecule has 0 saturated carbocycles. The van der Waals surface area contributed by atoms with Crippen LogP contribution < -0.4 is 10.2 Å². The highest BCUT2D eigenvalue weighted by Gasteiger charge is 2.21. The number of hydrogen-bond acceptors (Lipinski definition) is 6. The SMILES string of the molecule is N#CC1CCN(c2ccccc2NC(=O)c2csc(-c3ccc(Cl)nc3)n2)CC1. The maximum atomic E-state index is 12.8. The quantitative estimate of drug-likeness (QED) is 0.606. The minimum absolute atomic E-state index is 0.115. The number of anilines is 2. The fourth-order valence-corrected chi connectivity index (χ4v) is 4.21. The van der Waals surface area contributed by atoms with E-state index in [-0.39, 0.29) is 11.8 Å². The van der Waals surface area contributed by atoms with Crippen LogP contribution in [0.1, 0.15) is 23.3 Å². The van der Waals surface area contributed by atoms with Crippen LogP contribution in [0.4, 0.5) is 11.4 Å². The molecular formula is C21H18ClN5OS. The van der Waals surface area contributed by atoms with Crippen molar-refractivity contribution in [2.45, 2.75) is 12.8 Å². The van der Waals surface area contributed by atoms with Gasteiger partial charge in [0.1, 0.15) is 15.9 Å². The Bertz CT molecular complexity index is 1050. The van der Waals surface area contributed by atoms with E-state index < -0.39 is 0 Å². The fourth-order valence-electron chi connectivity index (χ4n) is 3.30. The summed E-state index contributed by atoms with van der Waals surface area (Å²) in [6.45, 7) is 1.60. The monoisotopic (exact) mass is 423 g/mol. The number of halogens is 1. The summed E-state index contributed by atoms with van der Waals surface area (Å²) in [6, 6.07) is 13.6. The van der Waals surface area contributed by atoms with E-state index in [1.165, 1.54) is 11.3 Å². The maximum absolute atomic E-state index is 12.8. The zero-order chi connectivity index (χ0) is 20.2. The molecule has 1 N–H and O–H groups in total. The topological polar surface area (TPSA) is 81.9 Å². The van der Waals surface area contributed by atoms with Crippen molar-refractivity contribution in [1.29, 1.82) is 5.26 Å². The molecular weight excluding hydrogens is 406 g/mol. The van der Waals surface area contributed by atoms with Crippen LogP contribution in [0.25, 0.3) is 10.6 Å². The molecule has 29 heavy (non-hydrogen) atoms. The molecule has 4 rings (SSSR count). The first-order chi connectivity index (χ1) is 14.1. The number of aromatic nitrogens is 2. The maximum Gasteiger partial charge on any atom is 0.275 e. The second-order valence-electron chi connectivity index (χ2n) is 6.77. The molecule has 0 bridgehead atoms. The van der Waals surface area contributed by atoms with E-state index in [2.05, 4.69) is 26.3 Å². The van der Waals surface area contributed by atoms with Crippen LogP contribution in [0.2, 0.25) is 5.15 Å². The zero-order valence-corrected chi connectivity index (χ0v) is 17.1. The predicted molar refractivity (Wildman–Crippen MR) is 115 cm³/mol. The summed E-state index contributed by atoms with van der Waals surface area (Å²) in [5.41, 5.74) is 2.89. The number of para-hydroxylation sites is 2. The first-order valence-corrected chi connectivity index (χ1v) is 10.5. The van der Waals surface area contributed by atoms with Gasteiger partial charge in [0.2, 0.25) is 0 Å². The van der Waals surface area contributed by atoms with Gasteiger partial charge in [-0.3, -0.25) is 4.79 Å². The van der Waals surface area contributed by atoms with Crippen molar-refractivity contribution in [1.82, 2.24) is 9.97 Å². The van der Waals surface area contributed by atoms with Crippen LogP contribution in [-0.4, -0.2) is 29.0 Å². The average Bonchev–Trinajstić information content (AvgIpc) is 3.25. The number of hydrogen-bond donors (Lipinski definition) is 1. The summed E-state index contributed by atoms with van der Waals surface area (Å²) in [5.74, 6) is -0.141. The van der Waals surface area contributed by atoms with Gasteiger partial charge in [0.25, 0.3) is 5.91 Å². The minimum atomic E-state index is -0.256. The van der Waals surface area contributed by atoms with Gasteiger partial charge in [-0.1, -0.05) is 23.7 Å². The lowest BCUT2D eigenvalue weighted by Crippen LogP contribution is -2.33. The minimum Gasteiger partial charge on any atom is -0.370 e. The molecule has 0 spiro atoms. The third-order valence-corrected chi connectivity index (χ3v) is 6.00. The molecule has 1 aliphatic rings. The molecule has 3 heterocycles. The van der Waals surface area contributed by atoms with E-state index in [1.54, 1.807) is 17.6 Å². The number of piperidine rings is 1. The fraction of sp³-hybridized carbons (Fsp3) is 0.238. The van der Waals surface area contributed by atoms with Gasteiger partial charge in [-0.25, -0.2) is 9.97 Å². The number of benzene rings is 1. The number of nitriles is 1. The highest BCUT2D eigenvalue weighted by molar-refractivity contribution is 7.13. The number of amides is 1. The van der Waals surface area contributed by atoms with Gasteiger partial charge in [-0.15, -0.1) is 11.3 Å². The van der Waals surface area contributed by atoms with Crippen LogP contribution >= 0.6 is 22.9 Å². The lowest BCUT2D eigenvalue weighted by molar-refractivity contribution is 0.102. The third-order valence-electron chi connectivity index (χ3n) is 4.88. The van der Waals surface area contributed by atoms with Crippen molar-refractivity contribution in [2.75, 3.05) is 23.3 Å². The Morgan fingerprint density at radius 1 is 1.24 bits per heavy atom. The van der Waals surface area contributed by atoms with Crippen molar-refractivity contribution in [3.63, 3.8) is 0 Å². The summed E-state index contributed by atoms with van der Waals surface area (Å²) in [5, 5.41) is 15.0. The lowest BCUT2D eigenvalue weighted by Gasteiger charge is -2.32. The van der Waals surface area contributed by atoms with E-state index >= 15 is 0 Å². The Hall–Kier alpha value is -2.95. The Kier molecular flexibility index (Phi) is 5.74. The Morgan fingerprint density at radius 2 is 2.03 bits per heavy atom. The number of carbonyl (C=O) groups is 1. The van der Waals surface area contributed by atoms with Crippen molar-refractivity contribution < 1.29 is 4.79 Å². The van der Waals surface area contributed by atoms with Crippen molar-refractivity contribution in [3.05, 3.63) is 58.8 Å². The molecule has 6 nitrogen and oxygen atoms in total. The summed E-state index contributed by atoms with van der Waals surface area (Å²) in [4.78, 5) is 23.5. The predicted octanol–water partition coefficient (Wildman–Crippen LogP) is 4.85. The molecule has 1 aliphatic heterocycles. The normalized spacial score (nSPS) is 14.4. The second-order valence-corrected chi connectivity index (χ2v) is 8.01. The zero-order valence-electron chi connectivity index (χ0n) is 15.5. The first kappa shape index (κ1) is 19.4. The number of nitrogens with zero attached hydrogens (tertiary/aromatic N) is 4. The number of nitrogens with one attached hydrogen (secondary N) is 1. The second kappa shape index (κ2) is 8.60. The van der Waals surface area contributed by atoms with Gasteiger partial charge in [0, 0.05) is 36.1 Å². The van der Waals surface area contributed by atoms with Gasteiger partial charge >= 0.3 is 0 Å². The van der Waals surface area contributed by atoms with Crippen molar-refractivity contribution >= 4 is 40.2 Å². The van der Waals surface area contributed by atoms with Gasteiger partial charge in [0.15, 0.2) is 0 Å². The summed E-state index contributed by atoms with van der Waals surface area (Å²) < 4.78 is 0. The smallest absolute Gasteiger partial charge is 0.275 e. The Balaban J connectivity index is 1.50. The summed E-state index contributed by atoms with van der Waals surface area (Å²) >= 11 is 7.21. The standard InChI is InChI=1S/C21H18ClN5OS/c22-19-6-5-15(12-24-19)21-26-17(13-29-21)20(28)25-16-3-1-2-4-18(16)27-9-7-14(11-23)8-10-27/h1-6,12-14H,7-10H2,(H,25,28). The summed E-state index contributed by atoms with van der Waals surface area (Å²) in [7, 11) is 0.